The van der Waals surface area contributed by atoms with Crippen molar-refractivity contribution in [2.75, 3.05) is 7.11 Å². The number of hydrogen-bond donors (Lipinski definition) is 1. The number of rotatable bonds is 7. The Labute approximate surface area is 202 Å². The Kier molecular flexibility index (Phi) is 10.1. The lowest BCUT2D eigenvalue weighted by Gasteiger charge is -2.19. The fourth-order valence-electron chi connectivity index (χ4n) is 3.84. The zero-order valence-corrected chi connectivity index (χ0v) is 20.5. The summed E-state index contributed by atoms with van der Waals surface area (Å²) in [7, 11) is 1.00. The number of ketones is 1. The molecule has 4 heteroatoms. The first-order valence-corrected chi connectivity index (χ1v) is 11.1. The Bertz CT molecular complexity index is 1220. The molecule has 0 spiro atoms. The van der Waals surface area contributed by atoms with Crippen LogP contribution < -0.4 is 0 Å². The van der Waals surface area contributed by atoms with Crippen molar-refractivity contribution in [3.8, 4) is 22.4 Å². The molecule has 0 bridgehead atoms. The second-order valence-electron chi connectivity index (χ2n) is 7.45. The monoisotopic (exact) mass is 452 g/mol. The average Bonchev–Trinajstić information content (AvgIpc) is 2.86. The smallest absolute Gasteiger partial charge is 0.160 e. The van der Waals surface area contributed by atoms with Gasteiger partial charge >= 0.3 is 0 Å². The Balaban J connectivity index is 0.00000199. The molecule has 0 unspecified atom stereocenters. The van der Waals surface area contributed by atoms with Gasteiger partial charge in [-0.3, -0.25) is 9.78 Å². The van der Waals surface area contributed by atoms with Crippen LogP contribution in [0.2, 0.25) is 0 Å². The van der Waals surface area contributed by atoms with E-state index in [9.17, 15) is 4.79 Å². The van der Waals surface area contributed by atoms with E-state index in [0.717, 1.165) is 51.9 Å². The van der Waals surface area contributed by atoms with Gasteiger partial charge in [0.15, 0.2) is 5.78 Å². The van der Waals surface area contributed by atoms with Crippen LogP contribution in [0.3, 0.4) is 0 Å². The van der Waals surface area contributed by atoms with E-state index in [-0.39, 0.29) is 5.78 Å². The van der Waals surface area contributed by atoms with Gasteiger partial charge in [0.25, 0.3) is 0 Å². The molecule has 3 aromatic rings. The number of carbonyl (C=O) groups is 1. The molecule has 4 nitrogen and oxygen atoms in total. The molecule has 0 aliphatic heterocycles. The van der Waals surface area contributed by atoms with Crippen LogP contribution in [0.15, 0.2) is 85.8 Å². The molecule has 3 rings (SSSR count). The number of nitrogens with zero attached hydrogens (tertiary/aromatic N) is 2. The SMILES string of the molecule is C=C/C=C(\C=C/C)c1c(-c2ccc(-c3ccncc3)cc2)nc(/C=C\C)c(C)c1C(C)=O.CO. The first kappa shape index (κ1) is 26.4. The standard InChI is InChI=1S/C29H28N2O.CH4O/c1-6-9-24(10-7-2)28-27(21(5)32)20(4)26(11-8-3)31-29(28)25-14-12-22(13-15-25)23-16-18-30-19-17-23;1-2/h6-19H,1H2,2-5H3;2H,1H3/b10-7-,11-8-,24-9+;. The zero-order valence-electron chi connectivity index (χ0n) is 20.5. The fraction of sp³-hybridized carbons (Fsp3) is 0.167. The van der Waals surface area contributed by atoms with E-state index in [1.54, 1.807) is 25.4 Å². The lowest BCUT2D eigenvalue weighted by atomic mass is 9.88. The number of allylic oxidation sites excluding steroid dienone is 6. The van der Waals surface area contributed by atoms with Crippen LogP contribution >= 0.6 is 0 Å². The van der Waals surface area contributed by atoms with E-state index in [1.807, 2.05) is 63.3 Å². The Hall–Kier alpha value is -3.89. The van der Waals surface area contributed by atoms with E-state index in [4.69, 9.17) is 10.1 Å². The normalized spacial score (nSPS) is 11.4. The van der Waals surface area contributed by atoms with Crippen molar-refractivity contribution in [1.82, 2.24) is 9.97 Å². The largest absolute Gasteiger partial charge is 0.400 e. The van der Waals surface area contributed by atoms with E-state index in [1.165, 1.54) is 0 Å². The number of Topliss-reactive ketones (excluding diaryl/α,β-unsaturated/α-hetero) is 1. The summed E-state index contributed by atoms with van der Waals surface area (Å²) >= 11 is 0. The summed E-state index contributed by atoms with van der Waals surface area (Å²) in [5, 5.41) is 7.00. The third kappa shape index (κ3) is 5.91. The molecular weight excluding hydrogens is 420 g/mol. The van der Waals surface area contributed by atoms with Gasteiger partial charge in [-0.2, -0.15) is 0 Å². The van der Waals surface area contributed by atoms with Gasteiger partial charge in [-0.15, -0.1) is 0 Å². The highest BCUT2D eigenvalue weighted by molar-refractivity contribution is 6.05. The van der Waals surface area contributed by atoms with Crippen molar-refractivity contribution >= 4 is 17.4 Å². The lowest BCUT2D eigenvalue weighted by Crippen LogP contribution is -2.09. The predicted molar refractivity (Wildman–Crippen MR) is 143 cm³/mol. The van der Waals surface area contributed by atoms with Gasteiger partial charge in [-0.1, -0.05) is 61.2 Å². The minimum Gasteiger partial charge on any atom is -0.400 e. The molecule has 0 aliphatic carbocycles. The van der Waals surface area contributed by atoms with E-state index in [2.05, 4.69) is 35.8 Å². The predicted octanol–water partition coefficient (Wildman–Crippen LogP) is 7.11. The van der Waals surface area contributed by atoms with Crippen LogP contribution in [-0.2, 0) is 0 Å². The van der Waals surface area contributed by atoms with Gasteiger partial charge < -0.3 is 5.11 Å². The topological polar surface area (TPSA) is 63.1 Å². The molecule has 34 heavy (non-hydrogen) atoms. The summed E-state index contributed by atoms with van der Waals surface area (Å²) in [5.74, 6) is 0.0137. The highest BCUT2D eigenvalue weighted by atomic mass is 16.2. The van der Waals surface area contributed by atoms with Gasteiger partial charge in [0.05, 0.1) is 11.4 Å². The van der Waals surface area contributed by atoms with Gasteiger partial charge in [0.1, 0.15) is 0 Å². The summed E-state index contributed by atoms with van der Waals surface area (Å²) in [5.41, 5.74) is 8.03. The molecule has 2 aromatic heterocycles. The highest BCUT2D eigenvalue weighted by Gasteiger charge is 2.22. The molecule has 0 saturated carbocycles. The van der Waals surface area contributed by atoms with Gasteiger partial charge in [-0.25, -0.2) is 4.98 Å². The number of aliphatic hydroxyl groups is 1. The summed E-state index contributed by atoms with van der Waals surface area (Å²) in [6.07, 6.45) is 15.1. The number of carbonyl (C=O) groups excluding carboxylic acids is 1. The second kappa shape index (κ2) is 13.0. The molecule has 0 saturated heterocycles. The number of aromatic nitrogens is 2. The summed E-state index contributed by atoms with van der Waals surface area (Å²) in [6.45, 7) is 11.4. The molecule has 0 fully saturated rings. The van der Waals surface area contributed by atoms with Gasteiger partial charge in [0, 0.05) is 36.2 Å². The van der Waals surface area contributed by atoms with Crippen molar-refractivity contribution in [3.05, 3.63) is 108 Å². The maximum atomic E-state index is 12.8. The molecule has 0 atom stereocenters. The Morgan fingerprint density at radius 2 is 1.50 bits per heavy atom. The van der Waals surface area contributed by atoms with Crippen LogP contribution in [0.1, 0.15) is 48.0 Å². The van der Waals surface area contributed by atoms with Crippen molar-refractivity contribution in [2.24, 2.45) is 0 Å². The van der Waals surface area contributed by atoms with Crippen molar-refractivity contribution < 1.29 is 9.90 Å². The molecule has 174 valence electrons. The molecule has 0 radical (unpaired) electrons. The molecule has 1 aromatic carbocycles. The van der Waals surface area contributed by atoms with Crippen LogP contribution in [-0.4, -0.2) is 28.0 Å². The molecular formula is C30H32N2O2. The minimum absolute atomic E-state index is 0.0137. The van der Waals surface area contributed by atoms with Gasteiger partial charge in [-0.05, 0) is 68.2 Å². The minimum atomic E-state index is 0.0137. The average molecular weight is 453 g/mol. The summed E-state index contributed by atoms with van der Waals surface area (Å²) in [4.78, 5) is 21.9. The lowest BCUT2D eigenvalue weighted by molar-refractivity contribution is 0.101. The number of pyridine rings is 2. The third-order valence-electron chi connectivity index (χ3n) is 5.26. The van der Waals surface area contributed by atoms with E-state index >= 15 is 0 Å². The fourth-order valence-corrected chi connectivity index (χ4v) is 3.84. The van der Waals surface area contributed by atoms with Crippen molar-refractivity contribution in [3.63, 3.8) is 0 Å². The van der Waals surface area contributed by atoms with Gasteiger partial charge in [0.2, 0.25) is 0 Å². The Morgan fingerprint density at radius 1 is 0.912 bits per heavy atom. The van der Waals surface area contributed by atoms with Crippen molar-refractivity contribution in [2.45, 2.75) is 27.7 Å². The molecule has 0 amide bonds. The number of aliphatic hydroxyl groups excluding tert-OH is 1. The molecule has 2 heterocycles. The second-order valence-corrected chi connectivity index (χ2v) is 7.45. The zero-order chi connectivity index (χ0) is 25.1. The molecule has 0 aliphatic rings. The van der Waals surface area contributed by atoms with E-state index < -0.39 is 0 Å². The van der Waals surface area contributed by atoms with E-state index in [0.29, 0.717) is 5.56 Å². The summed E-state index contributed by atoms with van der Waals surface area (Å²) < 4.78 is 0. The van der Waals surface area contributed by atoms with Crippen LogP contribution in [0.5, 0.6) is 0 Å². The molecule has 1 N–H and O–H groups in total. The van der Waals surface area contributed by atoms with Crippen molar-refractivity contribution in [1.29, 1.82) is 0 Å². The quantitative estimate of drug-likeness (QED) is 0.306. The van der Waals surface area contributed by atoms with Crippen LogP contribution in [0.25, 0.3) is 34.0 Å². The first-order valence-electron chi connectivity index (χ1n) is 11.1. The highest BCUT2D eigenvalue weighted by Crippen LogP contribution is 2.36. The maximum absolute atomic E-state index is 12.8. The first-order chi connectivity index (χ1) is 16.5. The summed E-state index contributed by atoms with van der Waals surface area (Å²) in [6, 6.07) is 12.2. The maximum Gasteiger partial charge on any atom is 0.160 e. The third-order valence-corrected chi connectivity index (χ3v) is 5.26. The Morgan fingerprint density at radius 3 is 2.03 bits per heavy atom. The number of hydrogen-bond acceptors (Lipinski definition) is 4. The van der Waals surface area contributed by atoms with Crippen LogP contribution in [0.4, 0.5) is 0 Å². The number of benzene rings is 1. The van der Waals surface area contributed by atoms with Crippen LogP contribution in [0, 0.1) is 6.92 Å².